The molecule has 2 nitrogen and oxygen atoms in total. The van der Waals surface area contributed by atoms with Crippen LogP contribution in [0.25, 0.3) is 0 Å². The first-order valence-electron chi connectivity index (χ1n) is 4.75. The molecule has 72 valence electrons. The van der Waals surface area contributed by atoms with Crippen molar-refractivity contribution in [3.63, 3.8) is 0 Å². The third-order valence-corrected chi connectivity index (χ3v) is 3.09. The minimum absolute atomic E-state index is 0.120. The van der Waals surface area contributed by atoms with E-state index in [4.69, 9.17) is 5.11 Å². The van der Waals surface area contributed by atoms with Crippen molar-refractivity contribution in [3.8, 4) is 0 Å². The molecule has 0 radical (unpaired) electrons. The zero-order valence-corrected chi connectivity index (χ0v) is 8.25. The highest BCUT2D eigenvalue weighted by Crippen LogP contribution is 2.41. The second-order valence-corrected chi connectivity index (χ2v) is 4.98. The van der Waals surface area contributed by atoms with Crippen molar-refractivity contribution >= 4 is 0 Å². The van der Waals surface area contributed by atoms with Gasteiger partial charge in [0.25, 0.3) is 0 Å². The molecular weight excluding hydrogens is 152 g/mol. The summed E-state index contributed by atoms with van der Waals surface area (Å²) in [5.41, 5.74) is 0.170. The maximum absolute atomic E-state index is 9.82. The van der Waals surface area contributed by atoms with E-state index in [0.717, 1.165) is 12.8 Å². The second kappa shape index (κ2) is 3.35. The zero-order chi connectivity index (χ0) is 9.35. The second-order valence-electron chi connectivity index (χ2n) is 4.98. The highest BCUT2D eigenvalue weighted by Gasteiger charge is 2.40. The molecule has 0 aromatic heterocycles. The molecule has 3 atom stereocenters. The van der Waals surface area contributed by atoms with E-state index in [1.54, 1.807) is 0 Å². The molecule has 1 fully saturated rings. The van der Waals surface area contributed by atoms with Crippen molar-refractivity contribution in [3.05, 3.63) is 0 Å². The minimum Gasteiger partial charge on any atom is -0.396 e. The molecule has 1 saturated carbocycles. The van der Waals surface area contributed by atoms with Gasteiger partial charge in [-0.1, -0.05) is 20.8 Å². The smallest absolute Gasteiger partial charge is 0.0623 e. The SMILES string of the molecule is CC(C)(C)C1CC[C@H](CO)[C@H]1O. The van der Waals surface area contributed by atoms with Crippen LogP contribution in [0.3, 0.4) is 0 Å². The number of hydrogen-bond donors (Lipinski definition) is 2. The Morgan fingerprint density at radius 3 is 2.08 bits per heavy atom. The van der Waals surface area contributed by atoms with Gasteiger partial charge in [0.15, 0.2) is 0 Å². The molecule has 1 rings (SSSR count). The fraction of sp³-hybridized carbons (Fsp3) is 1.00. The summed E-state index contributed by atoms with van der Waals surface area (Å²) in [6.45, 7) is 6.59. The maximum atomic E-state index is 9.82. The highest BCUT2D eigenvalue weighted by molar-refractivity contribution is 4.90. The molecule has 0 aliphatic heterocycles. The van der Waals surface area contributed by atoms with Crippen LogP contribution < -0.4 is 0 Å². The molecule has 0 amide bonds. The first kappa shape index (κ1) is 10.0. The molecule has 1 aliphatic rings. The summed E-state index contributed by atoms with van der Waals surface area (Å²) in [6, 6.07) is 0. The van der Waals surface area contributed by atoms with Crippen LogP contribution in [0.2, 0.25) is 0 Å². The fourth-order valence-electron chi connectivity index (χ4n) is 2.21. The first-order valence-corrected chi connectivity index (χ1v) is 4.75. The maximum Gasteiger partial charge on any atom is 0.0623 e. The molecule has 0 aromatic carbocycles. The molecule has 0 bridgehead atoms. The van der Waals surface area contributed by atoms with Crippen molar-refractivity contribution in [2.24, 2.45) is 17.3 Å². The van der Waals surface area contributed by atoms with Gasteiger partial charge < -0.3 is 10.2 Å². The van der Waals surface area contributed by atoms with E-state index in [0.29, 0.717) is 5.92 Å². The first-order chi connectivity index (χ1) is 5.46. The van der Waals surface area contributed by atoms with E-state index < -0.39 is 0 Å². The Morgan fingerprint density at radius 1 is 1.25 bits per heavy atom. The van der Waals surface area contributed by atoms with Gasteiger partial charge in [0.1, 0.15) is 0 Å². The van der Waals surface area contributed by atoms with Crippen LogP contribution in [0.4, 0.5) is 0 Å². The number of aliphatic hydroxyl groups excluding tert-OH is 2. The van der Waals surface area contributed by atoms with Crippen molar-refractivity contribution in [2.45, 2.75) is 39.7 Å². The van der Waals surface area contributed by atoms with Gasteiger partial charge >= 0.3 is 0 Å². The largest absolute Gasteiger partial charge is 0.396 e. The molecule has 2 heteroatoms. The van der Waals surface area contributed by atoms with Crippen LogP contribution in [-0.2, 0) is 0 Å². The van der Waals surface area contributed by atoms with Crippen molar-refractivity contribution in [1.82, 2.24) is 0 Å². The molecule has 0 aromatic rings. The Bertz CT molecular complexity index is 148. The van der Waals surface area contributed by atoms with E-state index >= 15 is 0 Å². The lowest BCUT2D eigenvalue weighted by Gasteiger charge is -2.30. The predicted molar refractivity (Wildman–Crippen MR) is 48.8 cm³/mol. The summed E-state index contributed by atoms with van der Waals surface area (Å²) >= 11 is 0. The molecule has 2 N–H and O–H groups in total. The Kier molecular flexibility index (Phi) is 2.79. The van der Waals surface area contributed by atoms with Gasteiger partial charge in [-0.05, 0) is 24.2 Å². The average molecular weight is 172 g/mol. The van der Waals surface area contributed by atoms with Crippen LogP contribution >= 0.6 is 0 Å². The Morgan fingerprint density at radius 2 is 1.83 bits per heavy atom. The van der Waals surface area contributed by atoms with Crippen LogP contribution in [0.15, 0.2) is 0 Å². The van der Waals surface area contributed by atoms with Crippen LogP contribution in [0, 0.1) is 17.3 Å². The summed E-state index contributed by atoms with van der Waals surface area (Å²) in [5, 5.41) is 18.8. The van der Waals surface area contributed by atoms with Gasteiger partial charge in [-0.25, -0.2) is 0 Å². The lowest BCUT2D eigenvalue weighted by atomic mass is 9.78. The summed E-state index contributed by atoms with van der Waals surface area (Å²) in [4.78, 5) is 0. The quantitative estimate of drug-likeness (QED) is 0.628. The van der Waals surface area contributed by atoms with Gasteiger partial charge in [-0.3, -0.25) is 0 Å². The standard InChI is InChI=1S/C10H20O2/c1-10(2,3)8-5-4-7(6-11)9(8)12/h7-9,11-12H,4-6H2,1-3H3/t7-,8?,9-/m1/s1. The Balaban J connectivity index is 2.61. The number of aliphatic hydroxyl groups is 2. The molecule has 0 spiro atoms. The average Bonchev–Trinajstić information content (AvgIpc) is 2.29. The summed E-state index contributed by atoms with van der Waals surface area (Å²) < 4.78 is 0. The molecule has 1 unspecified atom stereocenters. The fourth-order valence-corrected chi connectivity index (χ4v) is 2.21. The van der Waals surface area contributed by atoms with E-state index in [1.807, 2.05) is 0 Å². The van der Waals surface area contributed by atoms with E-state index in [9.17, 15) is 5.11 Å². The van der Waals surface area contributed by atoms with Gasteiger partial charge in [-0.15, -0.1) is 0 Å². The predicted octanol–water partition coefficient (Wildman–Crippen LogP) is 1.41. The van der Waals surface area contributed by atoms with Gasteiger partial charge in [0, 0.05) is 12.5 Å². The van der Waals surface area contributed by atoms with Crippen LogP contribution in [-0.4, -0.2) is 22.9 Å². The minimum atomic E-state index is -0.296. The Labute approximate surface area is 74.6 Å². The van der Waals surface area contributed by atoms with Crippen LogP contribution in [0.5, 0.6) is 0 Å². The third kappa shape index (κ3) is 1.80. The third-order valence-electron chi connectivity index (χ3n) is 3.09. The van der Waals surface area contributed by atoms with E-state index in [-0.39, 0.29) is 24.0 Å². The number of hydrogen-bond acceptors (Lipinski definition) is 2. The van der Waals surface area contributed by atoms with Crippen molar-refractivity contribution < 1.29 is 10.2 Å². The summed E-state index contributed by atoms with van der Waals surface area (Å²) in [7, 11) is 0. The molecular formula is C10H20O2. The van der Waals surface area contributed by atoms with Gasteiger partial charge in [-0.2, -0.15) is 0 Å². The monoisotopic (exact) mass is 172 g/mol. The topological polar surface area (TPSA) is 40.5 Å². The zero-order valence-electron chi connectivity index (χ0n) is 8.25. The normalized spacial score (nSPS) is 37.2. The summed E-state index contributed by atoms with van der Waals surface area (Å²) in [6.07, 6.45) is 1.73. The van der Waals surface area contributed by atoms with E-state index in [2.05, 4.69) is 20.8 Å². The summed E-state index contributed by atoms with van der Waals surface area (Å²) in [5.74, 6) is 0.476. The van der Waals surface area contributed by atoms with Gasteiger partial charge in [0.05, 0.1) is 6.10 Å². The highest BCUT2D eigenvalue weighted by atomic mass is 16.3. The van der Waals surface area contributed by atoms with Crippen molar-refractivity contribution in [2.75, 3.05) is 6.61 Å². The number of rotatable bonds is 1. The van der Waals surface area contributed by atoms with E-state index in [1.165, 1.54) is 0 Å². The molecule has 0 saturated heterocycles. The van der Waals surface area contributed by atoms with Crippen molar-refractivity contribution in [1.29, 1.82) is 0 Å². The lowest BCUT2D eigenvalue weighted by molar-refractivity contribution is 0.0225. The Hall–Kier alpha value is -0.0800. The lowest BCUT2D eigenvalue weighted by Crippen LogP contribution is -2.31. The molecule has 1 aliphatic carbocycles. The van der Waals surface area contributed by atoms with Crippen LogP contribution in [0.1, 0.15) is 33.6 Å². The van der Waals surface area contributed by atoms with Gasteiger partial charge in [0.2, 0.25) is 0 Å². The molecule has 0 heterocycles. The molecule has 12 heavy (non-hydrogen) atoms.